The highest BCUT2D eigenvalue weighted by atomic mass is 16.3. The maximum absolute atomic E-state index is 6.19. The Morgan fingerprint density at radius 2 is 0.860 bits per heavy atom. The Morgan fingerprint density at radius 1 is 0.360 bits per heavy atom. The molecule has 0 radical (unpaired) electrons. The molecule has 1 heterocycles. The van der Waals surface area contributed by atoms with E-state index < -0.39 is 0 Å². The van der Waals surface area contributed by atoms with Gasteiger partial charge in [-0.2, -0.15) is 0 Å². The number of fused-ring (bicyclic) bond motifs is 3. The molecule has 9 aromatic rings. The Balaban J connectivity index is 1.04. The minimum absolute atomic E-state index is 0.630. The summed E-state index contributed by atoms with van der Waals surface area (Å²) in [6.07, 6.45) is 0. The third-order valence-corrected chi connectivity index (χ3v) is 9.32. The van der Waals surface area contributed by atoms with E-state index in [0.717, 1.165) is 55.6 Å². The quantitative estimate of drug-likeness (QED) is 0.174. The number of oxazole rings is 1. The van der Waals surface area contributed by atoms with Gasteiger partial charge in [0.05, 0.1) is 0 Å². The fraction of sp³-hybridized carbons (Fsp3) is 0. The molecule has 236 valence electrons. The van der Waals surface area contributed by atoms with Crippen LogP contribution < -0.4 is 4.90 Å². The molecule has 50 heavy (non-hydrogen) atoms. The van der Waals surface area contributed by atoms with Gasteiger partial charge in [0.2, 0.25) is 5.89 Å². The zero-order valence-corrected chi connectivity index (χ0v) is 27.3. The molecular formula is C47H32N2O. The molecule has 3 heteroatoms. The van der Waals surface area contributed by atoms with Gasteiger partial charge in [-0.25, -0.2) is 4.98 Å². The van der Waals surface area contributed by atoms with Crippen LogP contribution in [0.4, 0.5) is 17.1 Å². The molecule has 8 aromatic carbocycles. The highest BCUT2D eigenvalue weighted by Gasteiger charge is 2.15. The van der Waals surface area contributed by atoms with Gasteiger partial charge in [0, 0.05) is 28.0 Å². The first-order valence-corrected chi connectivity index (χ1v) is 16.9. The van der Waals surface area contributed by atoms with Crippen LogP contribution in [0.15, 0.2) is 199 Å². The number of hydrogen-bond acceptors (Lipinski definition) is 3. The summed E-state index contributed by atoms with van der Waals surface area (Å²) in [5.74, 6) is 0.630. The topological polar surface area (TPSA) is 29.3 Å². The second-order valence-electron chi connectivity index (χ2n) is 12.4. The highest BCUT2D eigenvalue weighted by molar-refractivity contribution is 6.04. The number of hydrogen-bond donors (Lipinski definition) is 0. The molecule has 1 aromatic heterocycles. The summed E-state index contributed by atoms with van der Waals surface area (Å²) in [6.45, 7) is 0. The summed E-state index contributed by atoms with van der Waals surface area (Å²) < 4.78 is 6.19. The first-order valence-electron chi connectivity index (χ1n) is 16.9. The predicted molar refractivity (Wildman–Crippen MR) is 208 cm³/mol. The van der Waals surface area contributed by atoms with Crippen molar-refractivity contribution in [3.05, 3.63) is 194 Å². The lowest BCUT2D eigenvalue weighted by Crippen LogP contribution is -2.10. The van der Waals surface area contributed by atoms with Gasteiger partial charge >= 0.3 is 0 Å². The van der Waals surface area contributed by atoms with Crippen molar-refractivity contribution in [3.8, 4) is 44.8 Å². The standard InChI is InChI=1S/C47H32N2O/c1-3-10-33(11-4-1)36-22-27-41(28-23-36)49(43-16-9-15-40(32-43)34-12-5-2-6-13-34)42-29-24-37(25-30-42)35-18-20-39(21-19-35)47-48-46-44-17-8-7-14-38(44)26-31-45(46)50-47/h1-32H. The van der Waals surface area contributed by atoms with Crippen molar-refractivity contribution in [1.29, 1.82) is 0 Å². The Hall–Kier alpha value is -6.71. The van der Waals surface area contributed by atoms with Crippen LogP contribution in [-0.2, 0) is 0 Å². The van der Waals surface area contributed by atoms with E-state index in [2.05, 4.69) is 181 Å². The van der Waals surface area contributed by atoms with Crippen LogP contribution in [0.1, 0.15) is 0 Å². The Kier molecular flexibility index (Phi) is 7.49. The normalized spacial score (nSPS) is 11.2. The van der Waals surface area contributed by atoms with Crippen molar-refractivity contribution in [1.82, 2.24) is 4.98 Å². The average molecular weight is 641 g/mol. The second kappa shape index (κ2) is 12.7. The molecule has 0 amide bonds. The number of rotatable bonds is 7. The van der Waals surface area contributed by atoms with Crippen molar-refractivity contribution in [2.24, 2.45) is 0 Å². The zero-order chi connectivity index (χ0) is 33.3. The average Bonchev–Trinajstić information content (AvgIpc) is 3.65. The Morgan fingerprint density at radius 3 is 1.50 bits per heavy atom. The summed E-state index contributed by atoms with van der Waals surface area (Å²) in [7, 11) is 0. The molecular weight excluding hydrogens is 609 g/mol. The van der Waals surface area contributed by atoms with E-state index in [1.807, 2.05) is 18.2 Å². The van der Waals surface area contributed by atoms with Gasteiger partial charge in [-0.05, 0) is 93.4 Å². The van der Waals surface area contributed by atoms with Crippen molar-refractivity contribution in [2.75, 3.05) is 4.90 Å². The third-order valence-electron chi connectivity index (χ3n) is 9.32. The first kappa shape index (κ1) is 29.4. The Bertz CT molecular complexity index is 2550. The number of benzene rings is 8. The second-order valence-corrected chi connectivity index (χ2v) is 12.4. The minimum Gasteiger partial charge on any atom is -0.436 e. The lowest BCUT2D eigenvalue weighted by atomic mass is 10.0. The first-order chi connectivity index (χ1) is 24.8. The third kappa shape index (κ3) is 5.61. The van der Waals surface area contributed by atoms with Crippen LogP contribution in [0.5, 0.6) is 0 Å². The Labute approximate surface area is 291 Å². The van der Waals surface area contributed by atoms with Crippen molar-refractivity contribution in [2.45, 2.75) is 0 Å². The van der Waals surface area contributed by atoms with Gasteiger partial charge in [-0.1, -0.05) is 140 Å². The van der Waals surface area contributed by atoms with Gasteiger partial charge in [0.25, 0.3) is 0 Å². The number of nitrogens with zero attached hydrogens (tertiary/aromatic N) is 2. The summed E-state index contributed by atoms with van der Waals surface area (Å²) in [5.41, 5.74) is 13.0. The monoisotopic (exact) mass is 640 g/mol. The number of anilines is 3. The SMILES string of the molecule is c1ccc(-c2ccc(N(c3ccc(-c4ccc(-c5nc6c(ccc7ccccc76)o5)cc4)cc3)c3cccc(-c4ccccc4)c3)cc2)cc1. The smallest absolute Gasteiger partial charge is 0.227 e. The molecule has 0 N–H and O–H groups in total. The summed E-state index contributed by atoms with van der Waals surface area (Å²) in [6, 6.07) is 68.3. The molecule has 0 aliphatic carbocycles. The summed E-state index contributed by atoms with van der Waals surface area (Å²) in [5, 5.41) is 2.26. The molecule has 0 aliphatic heterocycles. The zero-order valence-electron chi connectivity index (χ0n) is 27.3. The molecule has 0 aliphatic rings. The fourth-order valence-corrected chi connectivity index (χ4v) is 6.73. The predicted octanol–water partition coefficient (Wildman–Crippen LogP) is 13.1. The van der Waals surface area contributed by atoms with E-state index in [0.29, 0.717) is 5.89 Å². The van der Waals surface area contributed by atoms with Crippen LogP contribution >= 0.6 is 0 Å². The van der Waals surface area contributed by atoms with Crippen molar-refractivity contribution in [3.63, 3.8) is 0 Å². The molecule has 0 unspecified atom stereocenters. The van der Waals surface area contributed by atoms with E-state index in [1.165, 1.54) is 22.3 Å². The van der Waals surface area contributed by atoms with Crippen LogP contribution in [-0.4, -0.2) is 4.98 Å². The van der Waals surface area contributed by atoms with Gasteiger partial charge in [0.15, 0.2) is 5.58 Å². The molecule has 0 fully saturated rings. The van der Waals surface area contributed by atoms with Crippen LogP contribution in [0, 0.1) is 0 Å². The maximum atomic E-state index is 6.19. The summed E-state index contributed by atoms with van der Waals surface area (Å²) >= 11 is 0. The molecule has 9 rings (SSSR count). The van der Waals surface area contributed by atoms with E-state index in [9.17, 15) is 0 Å². The fourth-order valence-electron chi connectivity index (χ4n) is 6.73. The van der Waals surface area contributed by atoms with Crippen molar-refractivity contribution < 1.29 is 4.42 Å². The molecule has 3 nitrogen and oxygen atoms in total. The van der Waals surface area contributed by atoms with Gasteiger partial charge < -0.3 is 9.32 Å². The van der Waals surface area contributed by atoms with E-state index >= 15 is 0 Å². The largest absolute Gasteiger partial charge is 0.436 e. The van der Waals surface area contributed by atoms with Crippen LogP contribution in [0.25, 0.3) is 66.7 Å². The molecule has 0 spiro atoms. The van der Waals surface area contributed by atoms with Crippen molar-refractivity contribution >= 4 is 38.9 Å². The van der Waals surface area contributed by atoms with E-state index in [4.69, 9.17) is 9.40 Å². The molecule has 0 saturated heterocycles. The van der Waals surface area contributed by atoms with Crippen LogP contribution in [0.3, 0.4) is 0 Å². The van der Waals surface area contributed by atoms with Gasteiger partial charge in [-0.15, -0.1) is 0 Å². The minimum atomic E-state index is 0.630. The van der Waals surface area contributed by atoms with E-state index in [-0.39, 0.29) is 0 Å². The maximum Gasteiger partial charge on any atom is 0.227 e. The lowest BCUT2D eigenvalue weighted by Gasteiger charge is -2.26. The van der Waals surface area contributed by atoms with Gasteiger partial charge in [0.1, 0.15) is 5.52 Å². The summed E-state index contributed by atoms with van der Waals surface area (Å²) in [4.78, 5) is 7.20. The number of aromatic nitrogens is 1. The highest BCUT2D eigenvalue weighted by Crippen LogP contribution is 2.39. The molecule has 0 bridgehead atoms. The van der Waals surface area contributed by atoms with Crippen LogP contribution in [0.2, 0.25) is 0 Å². The molecule has 0 saturated carbocycles. The molecule has 0 atom stereocenters. The lowest BCUT2D eigenvalue weighted by molar-refractivity contribution is 0.620. The van der Waals surface area contributed by atoms with Gasteiger partial charge in [-0.3, -0.25) is 0 Å². The van der Waals surface area contributed by atoms with E-state index in [1.54, 1.807) is 0 Å².